The summed E-state index contributed by atoms with van der Waals surface area (Å²) < 4.78 is 5.57. The molecule has 0 aromatic heterocycles. The third-order valence-corrected chi connectivity index (χ3v) is 3.76. The number of aliphatic hydroxyl groups is 1. The highest BCUT2D eigenvalue weighted by molar-refractivity contribution is 6.35. The third kappa shape index (κ3) is 4.76. The molecular formula is C18H11Cl2NO5. The molecule has 26 heavy (non-hydrogen) atoms. The second-order valence-electron chi connectivity index (χ2n) is 5.05. The Kier molecular flexibility index (Phi) is 6.23. The van der Waals surface area contributed by atoms with Crippen LogP contribution in [0.5, 0.6) is 5.75 Å². The van der Waals surface area contributed by atoms with Crippen molar-refractivity contribution < 1.29 is 24.5 Å². The van der Waals surface area contributed by atoms with Crippen molar-refractivity contribution in [3.05, 3.63) is 75.0 Å². The third-order valence-electron chi connectivity index (χ3n) is 3.25. The summed E-state index contributed by atoms with van der Waals surface area (Å²) in [6.45, 7) is -0.0168. The fourth-order valence-electron chi connectivity index (χ4n) is 2.04. The number of allylic oxidation sites excluding steroid dienone is 1. The zero-order valence-corrected chi connectivity index (χ0v) is 14.6. The lowest BCUT2D eigenvalue weighted by molar-refractivity contribution is -0.135. The standard InChI is InChI=1S/C18H11Cl2NO5/c19-12-4-11(14(8-21)15(20)6-12)9-26-13-3-1-2-10(5-13)16(22)7-17(23)18(24)25/h1-7,23H,9H2,(H,24,25)/b17-7-. The van der Waals surface area contributed by atoms with Crippen LogP contribution in [-0.4, -0.2) is 22.0 Å². The Balaban J connectivity index is 2.20. The van der Waals surface area contributed by atoms with Crippen molar-refractivity contribution in [2.24, 2.45) is 0 Å². The fourth-order valence-corrected chi connectivity index (χ4v) is 2.61. The van der Waals surface area contributed by atoms with Crippen LogP contribution in [0.1, 0.15) is 21.5 Å². The van der Waals surface area contributed by atoms with E-state index in [4.69, 9.17) is 38.2 Å². The molecule has 0 aliphatic carbocycles. The summed E-state index contributed by atoms with van der Waals surface area (Å²) in [6.07, 6.45) is 0.603. The molecule has 0 saturated heterocycles. The van der Waals surface area contributed by atoms with E-state index in [1.54, 1.807) is 12.1 Å². The van der Waals surface area contributed by atoms with Crippen molar-refractivity contribution >= 4 is 35.0 Å². The van der Waals surface area contributed by atoms with E-state index in [9.17, 15) is 14.9 Å². The van der Waals surface area contributed by atoms with Crippen LogP contribution >= 0.6 is 23.2 Å². The number of hydrogen-bond donors (Lipinski definition) is 2. The number of rotatable bonds is 6. The van der Waals surface area contributed by atoms with E-state index in [-0.39, 0.29) is 22.8 Å². The topological polar surface area (TPSA) is 108 Å². The lowest BCUT2D eigenvalue weighted by Gasteiger charge is -2.10. The van der Waals surface area contributed by atoms with Crippen LogP contribution in [0.3, 0.4) is 0 Å². The molecule has 0 aliphatic rings. The van der Waals surface area contributed by atoms with E-state index in [1.165, 1.54) is 24.3 Å². The minimum absolute atomic E-state index is 0.0168. The number of benzene rings is 2. The first-order chi connectivity index (χ1) is 12.3. The Morgan fingerprint density at radius 1 is 1.19 bits per heavy atom. The normalized spacial score (nSPS) is 10.9. The first-order valence-corrected chi connectivity index (χ1v) is 7.86. The van der Waals surface area contributed by atoms with E-state index in [0.717, 1.165) is 0 Å². The number of aliphatic hydroxyl groups excluding tert-OH is 1. The van der Waals surface area contributed by atoms with Crippen molar-refractivity contribution in [1.82, 2.24) is 0 Å². The van der Waals surface area contributed by atoms with Gasteiger partial charge in [-0.15, -0.1) is 0 Å². The number of carboxylic acids is 1. The number of halogens is 2. The fraction of sp³-hybridized carbons (Fsp3) is 0.0556. The smallest absolute Gasteiger partial charge is 0.371 e. The molecule has 8 heteroatoms. The molecule has 0 atom stereocenters. The van der Waals surface area contributed by atoms with Crippen LogP contribution in [0.4, 0.5) is 0 Å². The predicted molar refractivity (Wildman–Crippen MR) is 94.6 cm³/mol. The lowest BCUT2D eigenvalue weighted by atomic mass is 10.1. The molecule has 2 aromatic carbocycles. The molecule has 0 spiro atoms. The van der Waals surface area contributed by atoms with Crippen molar-refractivity contribution in [3.63, 3.8) is 0 Å². The number of nitriles is 1. The maximum absolute atomic E-state index is 11.9. The minimum Gasteiger partial charge on any atom is -0.502 e. The van der Waals surface area contributed by atoms with Gasteiger partial charge in [-0.3, -0.25) is 4.79 Å². The van der Waals surface area contributed by atoms with E-state index in [1.807, 2.05) is 6.07 Å². The predicted octanol–water partition coefficient (Wildman–Crippen LogP) is 4.15. The summed E-state index contributed by atoms with van der Waals surface area (Å²) in [5.41, 5.74) is 0.836. The summed E-state index contributed by atoms with van der Waals surface area (Å²) >= 11 is 11.9. The maximum Gasteiger partial charge on any atom is 0.371 e. The highest BCUT2D eigenvalue weighted by Gasteiger charge is 2.12. The van der Waals surface area contributed by atoms with Gasteiger partial charge in [-0.25, -0.2) is 4.79 Å². The molecule has 2 rings (SSSR count). The number of ketones is 1. The molecule has 0 amide bonds. The number of carbonyl (C=O) groups is 2. The Labute approximate surface area is 158 Å². The first-order valence-electron chi connectivity index (χ1n) is 7.11. The number of nitrogens with zero attached hydrogens (tertiary/aromatic N) is 1. The van der Waals surface area contributed by atoms with Crippen molar-refractivity contribution in [3.8, 4) is 11.8 Å². The molecule has 6 nitrogen and oxygen atoms in total. The Morgan fingerprint density at radius 3 is 2.58 bits per heavy atom. The Morgan fingerprint density at radius 2 is 1.92 bits per heavy atom. The van der Waals surface area contributed by atoms with Gasteiger partial charge in [-0.1, -0.05) is 35.3 Å². The molecule has 0 aliphatic heterocycles. The van der Waals surface area contributed by atoms with Gasteiger partial charge < -0.3 is 14.9 Å². The van der Waals surface area contributed by atoms with Crippen LogP contribution in [0.25, 0.3) is 0 Å². The minimum atomic E-state index is -1.60. The summed E-state index contributed by atoms with van der Waals surface area (Å²) in [4.78, 5) is 22.5. The highest BCUT2D eigenvalue weighted by atomic mass is 35.5. The molecule has 132 valence electrons. The van der Waals surface area contributed by atoms with Gasteiger partial charge in [0.15, 0.2) is 5.78 Å². The van der Waals surface area contributed by atoms with E-state index in [2.05, 4.69) is 0 Å². The van der Waals surface area contributed by atoms with Crippen LogP contribution in [0, 0.1) is 11.3 Å². The summed E-state index contributed by atoms with van der Waals surface area (Å²) in [5.74, 6) is -3.06. The maximum atomic E-state index is 11.9. The Hall–Kier alpha value is -3.01. The van der Waals surface area contributed by atoms with Gasteiger partial charge in [-0.2, -0.15) is 5.26 Å². The van der Waals surface area contributed by atoms with E-state index < -0.39 is 17.5 Å². The second-order valence-corrected chi connectivity index (χ2v) is 5.89. The largest absolute Gasteiger partial charge is 0.502 e. The van der Waals surface area contributed by atoms with Gasteiger partial charge in [0.2, 0.25) is 5.76 Å². The molecular weight excluding hydrogens is 381 g/mol. The van der Waals surface area contributed by atoms with Gasteiger partial charge in [0.1, 0.15) is 18.4 Å². The number of carbonyl (C=O) groups excluding carboxylic acids is 1. The molecule has 0 fully saturated rings. The molecule has 0 unspecified atom stereocenters. The van der Waals surface area contributed by atoms with E-state index in [0.29, 0.717) is 22.4 Å². The summed E-state index contributed by atoms with van der Waals surface area (Å²) in [5, 5.41) is 27.5. The van der Waals surface area contributed by atoms with Crippen LogP contribution in [-0.2, 0) is 11.4 Å². The second kappa shape index (κ2) is 8.39. The van der Waals surface area contributed by atoms with Crippen LogP contribution in [0.15, 0.2) is 48.2 Å². The van der Waals surface area contributed by atoms with Gasteiger partial charge in [0.25, 0.3) is 0 Å². The molecule has 0 radical (unpaired) electrons. The average molecular weight is 392 g/mol. The molecule has 2 aromatic rings. The van der Waals surface area contributed by atoms with Crippen molar-refractivity contribution in [2.45, 2.75) is 6.61 Å². The molecule has 0 saturated carbocycles. The van der Waals surface area contributed by atoms with Crippen molar-refractivity contribution in [1.29, 1.82) is 5.26 Å². The number of aliphatic carboxylic acids is 1. The summed E-state index contributed by atoms with van der Waals surface area (Å²) in [7, 11) is 0. The van der Waals surface area contributed by atoms with Crippen LogP contribution < -0.4 is 4.74 Å². The molecule has 0 heterocycles. The average Bonchev–Trinajstić information content (AvgIpc) is 2.59. The van der Waals surface area contributed by atoms with Crippen LogP contribution in [0.2, 0.25) is 10.0 Å². The first kappa shape index (κ1) is 19.3. The molecule has 2 N–H and O–H groups in total. The SMILES string of the molecule is N#Cc1c(Cl)cc(Cl)cc1COc1cccc(C(=O)/C=C(\O)C(=O)O)c1. The Bertz CT molecular complexity index is 947. The van der Waals surface area contributed by atoms with Gasteiger partial charge in [0.05, 0.1) is 10.6 Å². The quantitative estimate of drug-likeness (QED) is 0.434. The lowest BCUT2D eigenvalue weighted by Crippen LogP contribution is -2.04. The number of hydrogen-bond acceptors (Lipinski definition) is 5. The van der Waals surface area contributed by atoms with Gasteiger partial charge in [-0.05, 0) is 24.3 Å². The highest BCUT2D eigenvalue weighted by Crippen LogP contribution is 2.26. The number of ether oxygens (including phenoxy) is 1. The van der Waals surface area contributed by atoms with Gasteiger partial charge in [0, 0.05) is 22.2 Å². The van der Waals surface area contributed by atoms with Crippen molar-refractivity contribution in [2.75, 3.05) is 0 Å². The molecule has 0 bridgehead atoms. The zero-order chi connectivity index (χ0) is 19.3. The number of carboxylic acid groups (broad SMARTS) is 1. The zero-order valence-electron chi connectivity index (χ0n) is 13.1. The summed E-state index contributed by atoms with van der Waals surface area (Å²) in [6, 6.07) is 10.9. The monoisotopic (exact) mass is 391 g/mol. The van der Waals surface area contributed by atoms with E-state index >= 15 is 0 Å². The van der Waals surface area contributed by atoms with Gasteiger partial charge >= 0.3 is 5.97 Å².